The summed E-state index contributed by atoms with van der Waals surface area (Å²) >= 11 is 1.74. The molecule has 1 aromatic rings. The maximum absolute atomic E-state index is 10.2. The van der Waals surface area contributed by atoms with Gasteiger partial charge in [0.1, 0.15) is 0 Å². The van der Waals surface area contributed by atoms with Gasteiger partial charge in [0.05, 0.1) is 6.04 Å². The molecule has 0 aliphatic carbocycles. The van der Waals surface area contributed by atoms with Crippen LogP contribution in [0.5, 0.6) is 0 Å². The smallest absolute Gasteiger partial charge is 0.162 e. The van der Waals surface area contributed by atoms with Crippen LogP contribution >= 0.6 is 11.8 Å². The monoisotopic (exact) mass is 248 g/mol. The number of hydrogen-bond donors (Lipinski definition) is 1. The van der Waals surface area contributed by atoms with Crippen LogP contribution in [0, 0.1) is 0 Å². The van der Waals surface area contributed by atoms with E-state index < -0.39 is 5.72 Å². The van der Waals surface area contributed by atoms with Gasteiger partial charge in [0.2, 0.25) is 0 Å². The molecule has 17 heavy (non-hydrogen) atoms. The van der Waals surface area contributed by atoms with Crippen molar-refractivity contribution in [3.8, 4) is 0 Å². The Morgan fingerprint density at radius 3 is 2.94 bits per heavy atom. The number of aliphatic hydroxyl groups is 1. The quantitative estimate of drug-likeness (QED) is 0.828. The van der Waals surface area contributed by atoms with Crippen molar-refractivity contribution in [2.45, 2.75) is 25.1 Å². The maximum atomic E-state index is 10.2. The lowest BCUT2D eigenvalue weighted by Gasteiger charge is -2.38. The molecule has 1 fully saturated rings. The van der Waals surface area contributed by atoms with Crippen molar-refractivity contribution in [1.29, 1.82) is 0 Å². The second-order valence-corrected chi connectivity index (χ2v) is 5.85. The zero-order valence-electron chi connectivity index (χ0n) is 9.84. The molecule has 0 saturated carbocycles. The lowest BCUT2D eigenvalue weighted by atomic mass is 9.95. The van der Waals surface area contributed by atoms with E-state index >= 15 is 0 Å². The Morgan fingerprint density at radius 1 is 1.41 bits per heavy atom. The largest absolute Gasteiger partial charge is 0.369 e. The van der Waals surface area contributed by atoms with Gasteiger partial charge < -0.3 is 10.0 Å². The predicted molar refractivity (Wildman–Crippen MR) is 71.0 cm³/mol. The summed E-state index contributed by atoms with van der Waals surface area (Å²) in [5.41, 5.74) is 0.339. The highest BCUT2D eigenvalue weighted by atomic mass is 32.2. The Labute approximate surface area is 106 Å². The molecule has 0 bridgehead atoms. The Balaban J connectivity index is 1.98. The van der Waals surface area contributed by atoms with Crippen LogP contribution in [0.3, 0.4) is 0 Å². The minimum Gasteiger partial charge on any atom is -0.369 e. The fourth-order valence-corrected chi connectivity index (χ4v) is 3.62. The third-order valence-corrected chi connectivity index (χ3v) is 4.26. The zero-order chi connectivity index (χ0) is 11.9. The Hall–Kier alpha value is -1.00. The SMILES string of the molecule is C[C@@]1(O)C[C@H](c2ccccc2)N2CCSC2=N1. The van der Waals surface area contributed by atoms with Gasteiger partial charge in [0.15, 0.2) is 10.9 Å². The number of rotatable bonds is 1. The lowest BCUT2D eigenvalue weighted by Crippen LogP contribution is -2.41. The summed E-state index contributed by atoms with van der Waals surface area (Å²) < 4.78 is 0. The standard InChI is InChI=1S/C13H16N2OS/c1-13(16)9-11(10-5-3-2-4-6-10)15-7-8-17-12(15)14-13/h2-6,11,16H,7-9H2,1H3/t11-,13-/m1/s1. The second-order valence-electron chi connectivity index (χ2n) is 4.78. The molecule has 2 heterocycles. The van der Waals surface area contributed by atoms with Crippen LogP contribution in [0.2, 0.25) is 0 Å². The van der Waals surface area contributed by atoms with Crippen LogP contribution < -0.4 is 0 Å². The number of aliphatic imine (C=N–C) groups is 1. The molecule has 2 aliphatic rings. The van der Waals surface area contributed by atoms with Gasteiger partial charge in [-0.15, -0.1) is 0 Å². The Kier molecular flexibility index (Phi) is 2.64. The first-order valence-electron chi connectivity index (χ1n) is 5.92. The normalized spacial score (nSPS) is 32.2. The van der Waals surface area contributed by atoms with E-state index in [1.807, 2.05) is 6.07 Å². The molecule has 0 amide bonds. The molecule has 3 nitrogen and oxygen atoms in total. The Bertz CT molecular complexity index is 444. The number of hydrogen-bond acceptors (Lipinski definition) is 4. The van der Waals surface area contributed by atoms with Gasteiger partial charge in [-0.05, 0) is 12.5 Å². The number of fused-ring (bicyclic) bond motifs is 1. The first kappa shape index (κ1) is 11.1. The number of amidine groups is 1. The third kappa shape index (κ3) is 2.07. The predicted octanol–water partition coefficient (Wildman–Crippen LogP) is 2.24. The molecule has 2 atom stereocenters. The van der Waals surface area contributed by atoms with E-state index in [9.17, 15) is 5.11 Å². The first-order chi connectivity index (χ1) is 8.16. The van der Waals surface area contributed by atoms with Crippen molar-refractivity contribution in [3.05, 3.63) is 35.9 Å². The minimum atomic E-state index is -0.927. The van der Waals surface area contributed by atoms with E-state index in [-0.39, 0.29) is 6.04 Å². The topological polar surface area (TPSA) is 35.8 Å². The summed E-state index contributed by atoms with van der Waals surface area (Å²) in [6, 6.07) is 10.7. The van der Waals surface area contributed by atoms with Crippen LogP contribution in [0.4, 0.5) is 0 Å². The molecule has 1 saturated heterocycles. The van der Waals surface area contributed by atoms with Crippen LogP contribution in [0.15, 0.2) is 35.3 Å². The summed E-state index contributed by atoms with van der Waals surface area (Å²) in [7, 11) is 0. The van der Waals surface area contributed by atoms with Crippen molar-refractivity contribution in [3.63, 3.8) is 0 Å². The highest BCUT2D eigenvalue weighted by molar-refractivity contribution is 8.14. The summed E-state index contributed by atoms with van der Waals surface area (Å²) in [6.45, 7) is 2.82. The molecule has 0 unspecified atom stereocenters. The Morgan fingerprint density at radius 2 is 2.18 bits per heavy atom. The molecule has 0 spiro atoms. The van der Waals surface area contributed by atoms with Crippen LogP contribution in [-0.2, 0) is 0 Å². The molecule has 90 valence electrons. The van der Waals surface area contributed by atoms with Crippen molar-refractivity contribution in [2.24, 2.45) is 4.99 Å². The van der Waals surface area contributed by atoms with E-state index in [4.69, 9.17) is 0 Å². The average Bonchev–Trinajstić information content (AvgIpc) is 2.75. The fraction of sp³-hybridized carbons (Fsp3) is 0.462. The number of benzene rings is 1. The molecule has 1 N–H and O–H groups in total. The van der Waals surface area contributed by atoms with Crippen LogP contribution in [-0.4, -0.2) is 33.2 Å². The van der Waals surface area contributed by atoms with Crippen molar-refractivity contribution >= 4 is 16.9 Å². The van der Waals surface area contributed by atoms with Gasteiger partial charge in [-0.3, -0.25) is 0 Å². The van der Waals surface area contributed by atoms with Gasteiger partial charge >= 0.3 is 0 Å². The minimum absolute atomic E-state index is 0.258. The van der Waals surface area contributed by atoms with Gasteiger partial charge in [0.25, 0.3) is 0 Å². The van der Waals surface area contributed by atoms with E-state index in [2.05, 4.69) is 34.2 Å². The molecular weight excluding hydrogens is 232 g/mol. The summed E-state index contributed by atoms with van der Waals surface area (Å²) in [5.74, 6) is 1.07. The summed E-state index contributed by atoms with van der Waals surface area (Å²) in [5, 5.41) is 11.2. The third-order valence-electron chi connectivity index (χ3n) is 3.29. The average molecular weight is 248 g/mol. The molecule has 0 radical (unpaired) electrons. The van der Waals surface area contributed by atoms with E-state index in [0.29, 0.717) is 6.42 Å². The van der Waals surface area contributed by atoms with Crippen molar-refractivity contribution in [1.82, 2.24) is 4.90 Å². The van der Waals surface area contributed by atoms with Gasteiger partial charge in [-0.2, -0.15) is 0 Å². The van der Waals surface area contributed by atoms with Crippen molar-refractivity contribution in [2.75, 3.05) is 12.3 Å². The van der Waals surface area contributed by atoms with E-state index in [1.165, 1.54) is 5.56 Å². The molecule has 1 aromatic carbocycles. The summed E-state index contributed by atoms with van der Waals surface area (Å²) in [6.07, 6.45) is 0.668. The zero-order valence-corrected chi connectivity index (χ0v) is 10.7. The van der Waals surface area contributed by atoms with Gasteiger partial charge in [0, 0.05) is 18.7 Å². The lowest BCUT2D eigenvalue weighted by molar-refractivity contribution is 0.0255. The van der Waals surface area contributed by atoms with Gasteiger partial charge in [-0.1, -0.05) is 42.1 Å². The van der Waals surface area contributed by atoms with Crippen molar-refractivity contribution < 1.29 is 5.11 Å². The molecule has 2 aliphatic heterocycles. The van der Waals surface area contributed by atoms with E-state index in [1.54, 1.807) is 18.7 Å². The first-order valence-corrected chi connectivity index (χ1v) is 6.91. The van der Waals surface area contributed by atoms with E-state index in [0.717, 1.165) is 17.5 Å². The molecular formula is C13H16N2OS. The molecule has 4 heteroatoms. The highest BCUT2D eigenvalue weighted by Gasteiger charge is 2.39. The van der Waals surface area contributed by atoms with Crippen LogP contribution in [0.25, 0.3) is 0 Å². The summed E-state index contributed by atoms with van der Waals surface area (Å²) in [4.78, 5) is 6.73. The number of nitrogens with zero attached hydrogens (tertiary/aromatic N) is 2. The second kappa shape index (κ2) is 4.03. The van der Waals surface area contributed by atoms with Crippen LogP contribution in [0.1, 0.15) is 24.9 Å². The highest BCUT2D eigenvalue weighted by Crippen LogP contribution is 2.39. The maximum Gasteiger partial charge on any atom is 0.162 e. The van der Waals surface area contributed by atoms with Gasteiger partial charge in [-0.25, -0.2) is 4.99 Å². The molecule has 0 aromatic heterocycles. The number of thioether (sulfide) groups is 1. The fourth-order valence-electron chi connectivity index (χ4n) is 2.50. The molecule has 3 rings (SSSR count).